The van der Waals surface area contributed by atoms with Crippen LogP contribution in [-0.4, -0.2) is 30.7 Å². The second-order valence-corrected chi connectivity index (χ2v) is 10.1. The van der Waals surface area contributed by atoms with E-state index in [0.29, 0.717) is 32.9 Å². The first-order chi connectivity index (χ1) is 15.2. The average molecular weight is 487 g/mol. The third kappa shape index (κ3) is 4.78. The fourth-order valence-corrected chi connectivity index (χ4v) is 4.82. The van der Waals surface area contributed by atoms with Crippen LogP contribution in [0, 0.1) is 0 Å². The van der Waals surface area contributed by atoms with E-state index in [1.807, 2.05) is 24.3 Å². The van der Waals surface area contributed by atoms with E-state index in [9.17, 15) is 13.2 Å². The Balaban J connectivity index is 1.50. The molecule has 2 heterocycles. The van der Waals surface area contributed by atoms with Crippen molar-refractivity contribution in [1.82, 2.24) is 4.90 Å². The van der Waals surface area contributed by atoms with E-state index in [4.69, 9.17) is 26.5 Å². The number of sulfonamides is 1. The highest BCUT2D eigenvalue weighted by molar-refractivity contribution is 8.26. The van der Waals surface area contributed by atoms with Gasteiger partial charge in [-0.2, -0.15) is 0 Å². The van der Waals surface area contributed by atoms with E-state index in [0.717, 1.165) is 11.3 Å². The smallest absolute Gasteiger partial charge is 0.266 e. The first kappa shape index (κ1) is 22.3. The number of primary sulfonamides is 1. The van der Waals surface area contributed by atoms with Crippen molar-refractivity contribution in [1.29, 1.82) is 0 Å². The molecule has 2 N–H and O–H groups in total. The molecule has 0 bridgehead atoms. The van der Waals surface area contributed by atoms with Gasteiger partial charge >= 0.3 is 0 Å². The molecule has 164 valence electrons. The summed E-state index contributed by atoms with van der Waals surface area (Å²) in [4.78, 5) is 14.9. The van der Waals surface area contributed by atoms with Crippen LogP contribution >= 0.6 is 24.0 Å². The summed E-state index contributed by atoms with van der Waals surface area (Å²) in [5, 5.41) is 5.12. The van der Waals surface area contributed by atoms with Gasteiger partial charge in [0.1, 0.15) is 21.6 Å². The Morgan fingerprint density at radius 3 is 2.41 bits per heavy atom. The molecule has 1 saturated heterocycles. The molecule has 0 saturated carbocycles. The molecule has 1 aromatic heterocycles. The standard InChI is InChI=1S/C22H18N2O5S3/c1-28-16-6-2-14(3-7-16)13-24-21(25)20(31-22(24)30)12-17-8-11-19(29-17)15-4-9-18(10-5-15)32(23,26)27/h2-12H,13H2,1H3,(H2,23,26,27). The van der Waals surface area contributed by atoms with Crippen molar-refractivity contribution in [3.63, 3.8) is 0 Å². The third-order valence-electron chi connectivity index (χ3n) is 4.74. The molecule has 4 rings (SSSR count). The number of benzene rings is 2. The molecule has 0 atom stereocenters. The van der Waals surface area contributed by atoms with E-state index in [1.165, 1.54) is 23.9 Å². The summed E-state index contributed by atoms with van der Waals surface area (Å²) in [6.45, 7) is 0.367. The number of ether oxygens (including phenoxy) is 1. The monoisotopic (exact) mass is 486 g/mol. The number of nitrogens with zero attached hydrogens (tertiary/aromatic N) is 1. The maximum Gasteiger partial charge on any atom is 0.266 e. The van der Waals surface area contributed by atoms with Gasteiger partial charge in [-0.3, -0.25) is 9.69 Å². The zero-order chi connectivity index (χ0) is 22.9. The normalized spacial score (nSPS) is 15.6. The minimum Gasteiger partial charge on any atom is -0.497 e. The van der Waals surface area contributed by atoms with Crippen LogP contribution in [0.4, 0.5) is 0 Å². The predicted molar refractivity (Wildman–Crippen MR) is 127 cm³/mol. The predicted octanol–water partition coefficient (Wildman–Crippen LogP) is 4.00. The van der Waals surface area contributed by atoms with Gasteiger partial charge in [0.15, 0.2) is 0 Å². The van der Waals surface area contributed by atoms with Crippen LogP contribution in [0.2, 0.25) is 0 Å². The number of carbonyl (C=O) groups is 1. The second kappa shape index (κ2) is 8.91. The maximum absolute atomic E-state index is 12.9. The Morgan fingerprint density at radius 1 is 1.09 bits per heavy atom. The SMILES string of the molecule is COc1ccc(CN2C(=O)C(=Cc3ccc(-c4ccc(S(N)(=O)=O)cc4)o3)SC2=S)cc1. The summed E-state index contributed by atoms with van der Waals surface area (Å²) in [6.07, 6.45) is 1.65. The Morgan fingerprint density at radius 2 is 1.78 bits per heavy atom. The first-order valence-electron chi connectivity index (χ1n) is 9.36. The van der Waals surface area contributed by atoms with Gasteiger partial charge in [-0.1, -0.05) is 36.1 Å². The van der Waals surface area contributed by atoms with Crippen LogP contribution in [0.5, 0.6) is 5.75 Å². The van der Waals surface area contributed by atoms with Gasteiger partial charge in [0.05, 0.1) is 23.5 Å². The molecule has 0 unspecified atom stereocenters. The number of thioether (sulfide) groups is 1. The molecule has 10 heteroatoms. The lowest BCUT2D eigenvalue weighted by Gasteiger charge is -2.14. The van der Waals surface area contributed by atoms with Crippen molar-refractivity contribution < 1.29 is 22.4 Å². The van der Waals surface area contributed by atoms with Gasteiger partial charge in [-0.25, -0.2) is 13.6 Å². The van der Waals surface area contributed by atoms with E-state index in [2.05, 4.69) is 0 Å². The number of furan rings is 1. The van der Waals surface area contributed by atoms with Crippen LogP contribution in [0.15, 0.2) is 74.9 Å². The number of hydrogen-bond acceptors (Lipinski definition) is 7. The molecular weight excluding hydrogens is 468 g/mol. The molecule has 7 nitrogen and oxygen atoms in total. The van der Waals surface area contributed by atoms with Crippen LogP contribution < -0.4 is 9.88 Å². The summed E-state index contributed by atoms with van der Waals surface area (Å²) < 4.78 is 34.2. The lowest BCUT2D eigenvalue weighted by molar-refractivity contribution is -0.122. The number of amides is 1. The third-order valence-corrected chi connectivity index (χ3v) is 7.05. The molecule has 1 amide bonds. The highest BCUT2D eigenvalue weighted by Gasteiger charge is 2.32. The summed E-state index contributed by atoms with van der Waals surface area (Å²) in [5.74, 6) is 1.57. The molecule has 32 heavy (non-hydrogen) atoms. The number of nitrogens with two attached hydrogens (primary N) is 1. The van der Waals surface area contributed by atoms with Crippen LogP contribution in [0.1, 0.15) is 11.3 Å². The summed E-state index contributed by atoms with van der Waals surface area (Å²) in [7, 11) is -2.16. The molecule has 1 aliphatic rings. The molecule has 0 spiro atoms. The lowest BCUT2D eigenvalue weighted by Crippen LogP contribution is -2.27. The van der Waals surface area contributed by atoms with Crippen molar-refractivity contribution >= 4 is 50.3 Å². The number of methoxy groups -OCH3 is 1. The Labute approximate surface area is 194 Å². The van der Waals surface area contributed by atoms with Gasteiger partial charge in [0.25, 0.3) is 5.91 Å². The van der Waals surface area contributed by atoms with E-state index in [1.54, 1.807) is 42.4 Å². The zero-order valence-electron chi connectivity index (χ0n) is 16.8. The first-order valence-corrected chi connectivity index (χ1v) is 12.1. The molecule has 1 aliphatic heterocycles. The topological polar surface area (TPSA) is 103 Å². The molecule has 0 radical (unpaired) electrons. The minimum atomic E-state index is -3.76. The maximum atomic E-state index is 12.9. The summed E-state index contributed by atoms with van der Waals surface area (Å²) in [6, 6.07) is 17.0. The van der Waals surface area contributed by atoms with Crippen LogP contribution in [0.25, 0.3) is 17.4 Å². The Hall–Kier alpha value is -2.92. The fourth-order valence-electron chi connectivity index (χ4n) is 3.07. The van der Waals surface area contributed by atoms with Crippen molar-refractivity contribution in [2.24, 2.45) is 5.14 Å². The number of rotatable bonds is 6. The van der Waals surface area contributed by atoms with Crippen molar-refractivity contribution in [3.05, 3.63) is 76.9 Å². The quantitative estimate of drug-likeness (QED) is 0.415. The lowest BCUT2D eigenvalue weighted by atomic mass is 10.2. The number of thiocarbonyl (C=S) groups is 1. The molecular formula is C22H18N2O5S3. The van der Waals surface area contributed by atoms with Crippen molar-refractivity contribution in [3.8, 4) is 17.1 Å². The Kier molecular flexibility index (Phi) is 6.20. The molecule has 3 aromatic rings. The highest BCUT2D eigenvalue weighted by atomic mass is 32.2. The van der Waals surface area contributed by atoms with Gasteiger partial charge in [-0.15, -0.1) is 0 Å². The van der Waals surface area contributed by atoms with Crippen LogP contribution in [-0.2, 0) is 21.4 Å². The van der Waals surface area contributed by atoms with Gasteiger partial charge < -0.3 is 9.15 Å². The van der Waals surface area contributed by atoms with E-state index >= 15 is 0 Å². The van der Waals surface area contributed by atoms with Gasteiger partial charge in [0, 0.05) is 11.6 Å². The van der Waals surface area contributed by atoms with Gasteiger partial charge in [-0.05, 0) is 54.1 Å². The largest absolute Gasteiger partial charge is 0.497 e. The van der Waals surface area contributed by atoms with E-state index in [-0.39, 0.29) is 10.8 Å². The molecule has 0 aliphatic carbocycles. The molecule has 1 fully saturated rings. The fraction of sp³-hybridized carbons (Fsp3) is 0.0909. The average Bonchev–Trinajstić information content (AvgIpc) is 3.34. The van der Waals surface area contributed by atoms with E-state index < -0.39 is 10.0 Å². The van der Waals surface area contributed by atoms with Crippen molar-refractivity contribution in [2.45, 2.75) is 11.4 Å². The summed E-state index contributed by atoms with van der Waals surface area (Å²) >= 11 is 6.61. The highest BCUT2D eigenvalue weighted by Crippen LogP contribution is 2.34. The number of hydrogen-bond donors (Lipinski definition) is 1. The summed E-state index contributed by atoms with van der Waals surface area (Å²) in [5.41, 5.74) is 1.62. The Bertz CT molecular complexity index is 1310. The number of carbonyl (C=O) groups excluding carboxylic acids is 1. The van der Waals surface area contributed by atoms with Crippen LogP contribution in [0.3, 0.4) is 0 Å². The second-order valence-electron chi connectivity index (χ2n) is 6.89. The van der Waals surface area contributed by atoms with Crippen molar-refractivity contribution in [2.75, 3.05) is 7.11 Å². The van der Waals surface area contributed by atoms with Gasteiger partial charge in [0.2, 0.25) is 10.0 Å². The zero-order valence-corrected chi connectivity index (χ0v) is 19.3. The minimum absolute atomic E-state index is 0.0218. The molecule has 2 aromatic carbocycles.